The molecule has 0 amide bonds. The third kappa shape index (κ3) is 4.09. The minimum atomic E-state index is -4.46. The number of hydrogen-bond acceptors (Lipinski definition) is 4. The quantitative estimate of drug-likeness (QED) is 0.455. The maximum absolute atomic E-state index is 12.9. The fourth-order valence-electron chi connectivity index (χ4n) is 2.89. The highest BCUT2D eigenvalue weighted by atomic mass is 19.4. The number of H-pyrrole nitrogens is 2. The SMILES string of the molecule is N=C(CF)c1c(NC(c2ccc(C(F)(F)F)cc2)C2CC2)[nH]c(=O)[nH]c1=O. The first-order valence-corrected chi connectivity index (χ1v) is 8.14. The van der Waals surface area contributed by atoms with Gasteiger partial charge in [-0.05, 0) is 36.5 Å². The van der Waals surface area contributed by atoms with E-state index in [0.717, 1.165) is 25.0 Å². The van der Waals surface area contributed by atoms with Gasteiger partial charge in [0.15, 0.2) is 0 Å². The fraction of sp³-hybridized carbons (Fsp3) is 0.353. The van der Waals surface area contributed by atoms with Crippen molar-refractivity contribution in [3.8, 4) is 0 Å². The van der Waals surface area contributed by atoms with Gasteiger partial charge in [-0.1, -0.05) is 12.1 Å². The highest BCUT2D eigenvalue weighted by Gasteiger charge is 2.35. The second-order valence-corrected chi connectivity index (χ2v) is 6.35. The average Bonchev–Trinajstić information content (AvgIpc) is 3.43. The van der Waals surface area contributed by atoms with Crippen LogP contribution in [-0.2, 0) is 6.18 Å². The summed E-state index contributed by atoms with van der Waals surface area (Å²) in [7, 11) is 0. The Bertz CT molecular complexity index is 959. The molecule has 0 bridgehead atoms. The molecule has 144 valence electrons. The van der Waals surface area contributed by atoms with Crippen LogP contribution in [0.1, 0.15) is 35.6 Å². The molecule has 0 spiro atoms. The zero-order valence-electron chi connectivity index (χ0n) is 13.9. The number of benzene rings is 1. The number of aromatic nitrogens is 2. The predicted molar refractivity (Wildman–Crippen MR) is 91.0 cm³/mol. The number of anilines is 1. The summed E-state index contributed by atoms with van der Waals surface area (Å²) in [5, 5.41) is 10.5. The summed E-state index contributed by atoms with van der Waals surface area (Å²) < 4.78 is 51.2. The van der Waals surface area contributed by atoms with Crippen molar-refractivity contribution in [3.63, 3.8) is 0 Å². The van der Waals surface area contributed by atoms with E-state index in [1.807, 2.05) is 4.98 Å². The zero-order chi connectivity index (χ0) is 19.8. The van der Waals surface area contributed by atoms with Crippen LogP contribution in [0.3, 0.4) is 0 Å². The van der Waals surface area contributed by atoms with E-state index >= 15 is 0 Å². The van der Waals surface area contributed by atoms with E-state index < -0.39 is 41.4 Å². The smallest absolute Gasteiger partial charge is 0.364 e. The van der Waals surface area contributed by atoms with E-state index in [1.165, 1.54) is 12.1 Å². The van der Waals surface area contributed by atoms with Crippen LogP contribution >= 0.6 is 0 Å². The van der Waals surface area contributed by atoms with Crippen LogP contribution in [0.5, 0.6) is 0 Å². The molecular formula is C17H16F4N4O2. The third-order valence-corrected chi connectivity index (χ3v) is 4.37. The second kappa shape index (κ2) is 7.01. The Morgan fingerprint density at radius 1 is 1.19 bits per heavy atom. The van der Waals surface area contributed by atoms with Crippen LogP contribution in [0, 0.1) is 11.3 Å². The molecule has 1 heterocycles. The second-order valence-electron chi connectivity index (χ2n) is 6.35. The molecule has 0 saturated heterocycles. The zero-order valence-corrected chi connectivity index (χ0v) is 13.9. The van der Waals surface area contributed by atoms with E-state index in [0.29, 0.717) is 5.56 Å². The molecule has 3 rings (SSSR count). The molecule has 0 aliphatic heterocycles. The highest BCUT2D eigenvalue weighted by Crippen LogP contribution is 2.43. The molecule has 4 N–H and O–H groups in total. The van der Waals surface area contributed by atoms with Crippen molar-refractivity contribution in [2.45, 2.75) is 25.1 Å². The summed E-state index contributed by atoms with van der Waals surface area (Å²) in [6.07, 6.45) is -2.84. The lowest BCUT2D eigenvalue weighted by molar-refractivity contribution is -0.137. The number of nitrogens with one attached hydrogen (secondary N) is 4. The Kier molecular flexibility index (Phi) is 4.90. The summed E-state index contributed by atoms with van der Waals surface area (Å²) in [4.78, 5) is 27.8. The van der Waals surface area contributed by atoms with Gasteiger partial charge in [0.25, 0.3) is 5.56 Å². The van der Waals surface area contributed by atoms with Crippen LogP contribution in [0.25, 0.3) is 0 Å². The van der Waals surface area contributed by atoms with Crippen molar-refractivity contribution in [3.05, 3.63) is 61.8 Å². The van der Waals surface area contributed by atoms with Gasteiger partial charge in [0.05, 0.1) is 17.3 Å². The van der Waals surface area contributed by atoms with E-state index in [1.54, 1.807) is 0 Å². The molecule has 1 fully saturated rings. The Hall–Kier alpha value is -2.91. The van der Waals surface area contributed by atoms with Crippen LogP contribution < -0.4 is 16.6 Å². The van der Waals surface area contributed by atoms with Crippen molar-refractivity contribution in [1.29, 1.82) is 5.41 Å². The summed E-state index contributed by atoms with van der Waals surface area (Å²) in [6, 6.07) is 4.07. The van der Waals surface area contributed by atoms with Crippen LogP contribution in [0.15, 0.2) is 33.9 Å². The number of alkyl halides is 4. The molecule has 1 unspecified atom stereocenters. The van der Waals surface area contributed by atoms with Crippen molar-refractivity contribution >= 4 is 11.5 Å². The van der Waals surface area contributed by atoms with Gasteiger partial charge in [0.2, 0.25) is 0 Å². The van der Waals surface area contributed by atoms with Gasteiger partial charge >= 0.3 is 11.9 Å². The van der Waals surface area contributed by atoms with E-state index in [-0.39, 0.29) is 17.3 Å². The van der Waals surface area contributed by atoms with Crippen molar-refractivity contribution in [2.75, 3.05) is 12.0 Å². The molecule has 1 aromatic carbocycles. The molecule has 10 heteroatoms. The monoisotopic (exact) mass is 384 g/mol. The lowest BCUT2D eigenvalue weighted by atomic mass is 10.00. The fourth-order valence-corrected chi connectivity index (χ4v) is 2.89. The Balaban J connectivity index is 1.98. The average molecular weight is 384 g/mol. The number of halogens is 4. The number of rotatable bonds is 6. The molecule has 2 aromatic rings. The van der Waals surface area contributed by atoms with E-state index in [9.17, 15) is 27.2 Å². The van der Waals surface area contributed by atoms with Crippen molar-refractivity contribution < 1.29 is 17.6 Å². The first kappa shape index (κ1) is 18.9. The predicted octanol–water partition coefficient (Wildman–Crippen LogP) is 2.98. The van der Waals surface area contributed by atoms with Gasteiger partial charge < -0.3 is 10.7 Å². The summed E-state index contributed by atoms with van der Waals surface area (Å²) >= 11 is 0. The Labute approximate surface area is 150 Å². The molecule has 27 heavy (non-hydrogen) atoms. The summed E-state index contributed by atoms with van der Waals surface area (Å²) in [5.74, 6) is -0.0415. The third-order valence-electron chi connectivity index (χ3n) is 4.37. The van der Waals surface area contributed by atoms with Gasteiger partial charge in [-0.15, -0.1) is 0 Å². The normalized spacial score (nSPS) is 15.4. The van der Waals surface area contributed by atoms with Crippen molar-refractivity contribution in [2.24, 2.45) is 5.92 Å². The van der Waals surface area contributed by atoms with E-state index in [4.69, 9.17) is 5.41 Å². The standard InChI is InChI=1S/C17H16F4N4O2/c18-7-11(22)12-14(24-16(27)25-15(12)26)23-13(8-1-2-8)9-3-5-10(6-4-9)17(19,20)21/h3-6,8,13,22H,1-2,7H2,(H3,23,24,25,26,27). The summed E-state index contributed by atoms with van der Waals surface area (Å²) in [6.45, 7) is -1.21. The first-order valence-electron chi connectivity index (χ1n) is 8.14. The highest BCUT2D eigenvalue weighted by molar-refractivity contribution is 6.02. The minimum absolute atomic E-state index is 0.0805. The Morgan fingerprint density at radius 2 is 1.81 bits per heavy atom. The molecule has 1 atom stereocenters. The molecule has 1 aliphatic rings. The van der Waals surface area contributed by atoms with Gasteiger partial charge in [-0.25, -0.2) is 9.18 Å². The number of aromatic amines is 2. The lowest BCUT2D eigenvalue weighted by Crippen LogP contribution is -2.31. The topological polar surface area (TPSA) is 102 Å². The number of hydrogen-bond donors (Lipinski definition) is 4. The van der Waals surface area contributed by atoms with Gasteiger partial charge in [-0.3, -0.25) is 14.8 Å². The molecule has 1 saturated carbocycles. The summed E-state index contributed by atoms with van der Waals surface area (Å²) in [5.41, 5.74) is -2.95. The maximum atomic E-state index is 12.9. The Morgan fingerprint density at radius 3 is 2.33 bits per heavy atom. The maximum Gasteiger partial charge on any atom is 0.416 e. The van der Waals surface area contributed by atoms with Gasteiger partial charge in [-0.2, -0.15) is 13.2 Å². The van der Waals surface area contributed by atoms with Gasteiger partial charge in [0, 0.05) is 0 Å². The van der Waals surface area contributed by atoms with Crippen molar-refractivity contribution in [1.82, 2.24) is 9.97 Å². The molecule has 0 radical (unpaired) electrons. The molecule has 1 aromatic heterocycles. The van der Waals surface area contributed by atoms with Gasteiger partial charge in [0.1, 0.15) is 18.1 Å². The molecular weight excluding hydrogens is 368 g/mol. The first-order chi connectivity index (χ1) is 12.7. The molecule has 1 aliphatic carbocycles. The van der Waals surface area contributed by atoms with Crippen LogP contribution in [0.4, 0.5) is 23.4 Å². The van der Waals surface area contributed by atoms with Crippen LogP contribution in [-0.4, -0.2) is 22.4 Å². The van der Waals surface area contributed by atoms with E-state index in [2.05, 4.69) is 10.3 Å². The molecule has 6 nitrogen and oxygen atoms in total. The lowest BCUT2D eigenvalue weighted by Gasteiger charge is -2.21. The minimum Gasteiger partial charge on any atom is -0.364 e. The van der Waals surface area contributed by atoms with Crippen LogP contribution in [0.2, 0.25) is 0 Å². The largest absolute Gasteiger partial charge is 0.416 e.